The summed E-state index contributed by atoms with van der Waals surface area (Å²) in [5.41, 5.74) is 1.48. The molecule has 1 N–H and O–H groups in total. The van der Waals surface area contributed by atoms with Crippen molar-refractivity contribution in [1.29, 1.82) is 0 Å². The average Bonchev–Trinajstić information content (AvgIpc) is 3.22. The highest BCUT2D eigenvalue weighted by molar-refractivity contribution is 6.46. The van der Waals surface area contributed by atoms with E-state index >= 15 is 0 Å². The summed E-state index contributed by atoms with van der Waals surface area (Å²) in [4.78, 5) is 27.9. The number of aliphatic hydroxyl groups is 1. The van der Waals surface area contributed by atoms with Crippen molar-refractivity contribution >= 4 is 17.4 Å². The summed E-state index contributed by atoms with van der Waals surface area (Å²) in [6.07, 6.45) is 17.7. The van der Waals surface area contributed by atoms with Gasteiger partial charge in [0, 0.05) is 12.1 Å². The van der Waals surface area contributed by atoms with Crippen LogP contribution in [0.2, 0.25) is 0 Å². The Bertz CT molecular complexity index is 1040. The summed E-state index contributed by atoms with van der Waals surface area (Å²) in [5.74, 6) is -0.645. The van der Waals surface area contributed by atoms with Crippen molar-refractivity contribution < 1.29 is 19.4 Å². The number of ether oxygens (including phenoxy) is 1. The number of carbonyl (C=O) groups excluding carboxylic acids is 2. The average molecular weight is 534 g/mol. The van der Waals surface area contributed by atoms with Crippen LogP contribution in [0.4, 0.5) is 0 Å². The Balaban J connectivity index is 1.51. The monoisotopic (exact) mass is 533 g/mol. The van der Waals surface area contributed by atoms with Crippen LogP contribution < -0.4 is 4.74 Å². The van der Waals surface area contributed by atoms with Crippen molar-refractivity contribution in [2.45, 2.75) is 103 Å². The molecular weight excluding hydrogens is 486 g/mol. The van der Waals surface area contributed by atoms with Crippen molar-refractivity contribution in [1.82, 2.24) is 4.90 Å². The third-order valence-electron chi connectivity index (χ3n) is 7.77. The zero-order valence-corrected chi connectivity index (χ0v) is 24.0. The Morgan fingerprint density at radius 3 is 1.77 bits per heavy atom. The Labute approximate surface area is 235 Å². The first-order chi connectivity index (χ1) is 19.1. The van der Waals surface area contributed by atoms with Gasteiger partial charge in [0.2, 0.25) is 0 Å². The zero-order valence-electron chi connectivity index (χ0n) is 24.0. The molecule has 1 fully saturated rings. The normalized spacial score (nSPS) is 16.7. The van der Waals surface area contributed by atoms with Crippen LogP contribution in [0.1, 0.15) is 114 Å². The third kappa shape index (κ3) is 8.98. The number of hydrogen-bond donors (Lipinski definition) is 1. The lowest BCUT2D eigenvalue weighted by atomic mass is 9.95. The smallest absolute Gasteiger partial charge is 0.295 e. The van der Waals surface area contributed by atoms with Crippen molar-refractivity contribution in [2.24, 2.45) is 0 Å². The molecule has 0 aliphatic carbocycles. The minimum Gasteiger partial charge on any atom is -0.507 e. The summed E-state index contributed by atoms with van der Waals surface area (Å²) in [7, 11) is 1.58. The van der Waals surface area contributed by atoms with Gasteiger partial charge in [-0.2, -0.15) is 0 Å². The number of hydrogen-bond acceptors (Lipinski definition) is 4. The molecule has 1 saturated heterocycles. The molecule has 5 nitrogen and oxygen atoms in total. The molecular formula is C34H47NO4. The van der Waals surface area contributed by atoms with Crippen LogP contribution in [0.5, 0.6) is 5.75 Å². The van der Waals surface area contributed by atoms with Crippen LogP contribution in [0.15, 0.2) is 60.2 Å². The summed E-state index contributed by atoms with van der Waals surface area (Å²) >= 11 is 0. The first kappa shape index (κ1) is 30.5. The van der Waals surface area contributed by atoms with Crippen LogP contribution in [-0.2, 0) is 9.59 Å². The van der Waals surface area contributed by atoms with E-state index in [-0.39, 0.29) is 11.3 Å². The van der Waals surface area contributed by atoms with Gasteiger partial charge >= 0.3 is 0 Å². The number of nitrogens with zero attached hydrogens (tertiary/aromatic N) is 1. The molecule has 39 heavy (non-hydrogen) atoms. The maximum absolute atomic E-state index is 13.2. The van der Waals surface area contributed by atoms with Crippen LogP contribution >= 0.6 is 0 Å². The van der Waals surface area contributed by atoms with Crippen LogP contribution in [-0.4, -0.2) is 35.4 Å². The molecule has 1 heterocycles. The number of Topliss-reactive ketones (excluding diaryl/α,β-unsaturated/α-hetero) is 1. The maximum Gasteiger partial charge on any atom is 0.295 e. The van der Waals surface area contributed by atoms with E-state index in [2.05, 4.69) is 6.92 Å². The van der Waals surface area contributed by atoms with Crippen LogP contribution in [0.25, 0.3) is 5.76 Å². The molecule has 0 aromatic heterocycles. The Kier molecular flexibility index (Phi) is 13.1. The first-order valence-corrected chi connectivity index (χ1v) is 15.1. The Morgan fingerprint density at radius 1 is 0.744 bits per heavy atom. The summed E-state index contributed by atoms with van der Waals surface area (Å²) in [6, 6.07) is 15.8. The molecule has 1 amide bonds. The van der Waals surface area contributed by atoms with Crippen molar-refractivity contribution in [2.75, 3.05) is 13.7 Å². The summed E-state index contributed by atoms with van der Waals surface area (Å²) in [6.45, 7) is 2.76. The lowest BCUT2D eigenvalue weighted by molar-refractivity contribution is -0.139. The summed E-state index contributed by atoms with van der Waals surface area (Å²) in [5, 5.41) is 11.2. The highest BCUT2D eigenvalue weighted by atomic mass is 16.5. The molecule has 0 radical (unpaired) electrons. The van der Waals surface area contributed by atoms with Gasteiger partial charge in [-0.3, -0.25) is 9.59 Å². The lowest BCUT2D eigenvalue weighted by Gasteiger charge is -2.25. The Hall–Kier alpha value is -3.08. The molecule has 1 atom stereocenters. The number of likely N-dealkylation sites (tertiary alicyclic amines) is 1. The van der Waals surface area contributed by atoms with E-state index in [1.54, 1.807) is 36.3 Å². The fourth-order valence-corrected chi connectivity index (χ4v) is 5.47. The molecule has 0 spiro atoms. The number of rotatable bonds is 18. The molecule has 212 valence electrons. The molecule has 3 rings (SSSR count). The SMILES string of the molecule is CCCCCCCCCCCCCCCCN1C(=O)C(=O)C(=C(O)c2ccc(OC)cc2)[C@H]1c1ccccc1. The number of ketones is 1. The number of amides is 1. The number of carbonyl (C=O) groups is 2. The third-order valence-corrected chi connectivity index (χ3v) is 7.77. The van der Waals surface area contributed by atoms with Crippen molar-refractivity contribution in [3.05, 3.63) is 71.3 Å². The van der Waals surface area contributed by atoms with Gasteiger partial charge in [-0.1, -0.05) is 121 Å². The second-order valence-corrected chi connectivity index (χ2v) is 10.7. The fourth-order valence-electron chi connectivity index (χ4n) is 5.47. The van der Waals surface area contributed by atoms with Gasteiger partial charge in [0.25, 0.3) is 11.7 Å². The molecule has 0 unspecified atom stereocenters. The van der Waals surface area contributed by atoms with Crippen molar-refractivity contribution in [3.8, 4) is 5.75 Å². The number of benzene rings is 2. The minimum absolute atomic E-state index is 0.145. The highest BCUT2D eigenvalue weighted by Gasteiger charge is 2.45. The quantitative estimate of drug-likeness (QED) is 0.0901. The van der Waals surface area contributed by atoms with E-state index < -0.39 is 17.7 Å². The molecule has 0 bridgehead atoms. The standard InChI is InChI=1S/C34H47NO4/c1-3-4-5-6-7-8-9-10-11-12-13-14-15-19-26-35-31(27-20-17-16-18-21-27)30(33(37)34(35)38)32(36)28-22-24-29(39-2)25-23-28/h16-18,20-25,31,36H,3-15,19,26H2,1-2H3/t31-/m1/s1. The van der Waals surface area contributed by atoms with E-state index in [1.165, 1.54) is 70.6 Å². The molecule has 5 heteroatoms. The molecule has 1 aliphatic heterocycles. The predicted octanol–water partition coefficient (Wildman–Crippen LogP) is 8.60. The largest absolute Gasteiger partial charge is 0.507 e. The number of unbranched alkanes of at least 4 members (excludes halogenated alkanes) is 13. The van der Waals surface area contributed by atoms with Gasteiger partial charge in [0.1, 0.15) is 11.5 Å². The lowest BCUT2D eigenvalue weighted by Crippen LogP contribution is -2.30. The van der Waals surface area contributed by atoms with Crippen LogP contribution in [0.3, 0.4) is 0 Å². The van der Waals surface area contributed by atoms with E-state index in [0.717, 1.165) is 24.8 Å². The Morgan fingerprint density at radius 2 is 1.26 bits per heavy atom. The zero-order chi connectivity index (χ0) is 27.9. The fraction of sp³-hybridized carbons (Fsp3) is 0.529. The van der Waals surface area contributed by atoms with Gasteiger partial charge in [-0.05, 0) is 36.2 Å². The number of aliphatic hydroxyl groups excluding tert-OH is 1. The first-order valence-electron chi connectivity index (χ1n) is 15.1. The maximum atomic E-state index is 13.2. The van der Waals surface area contributed by atoms with Crippen molar-refractivity contribution in [3.63, 3.8) is 0 Å². The van der Waals surface area contributed by atoms with Gasteiger partial charge in [-0.25, -0.2) is 0 Å². The number of methoxy groups -OCH3 is 1. The van der Waals surface area contributed by atoms with Gasteiger partial charge in [0.05, 0.1) is 18.7 Å². The van der Waals surface area contributed by atoms with E-state index in [9.17, 15) is 14.7 Å². The highest BCUT2D eigenvalue weighted by Crippen LogP contribution is 2.39. The predicted molar refractivity (Wildman–Crippen MR) is 159 cm³/mol. The molecule has 1 aliphatic rings. The second-order valence-electron chi connectivity index (χ2n) is 10.7. The van der Waals surface area contributed by atoms with Gasteiger partial charge in [0.15, 0.2) is 0 Å². The molecule has 0 saturated carbocycles. The second kappa shape index (κ2) is 16.8. The van der Waals surface area contributed by atoms with Gasteiger partial charge < -0.3 is 14.7 Å². The van der Waals surface area contributed by atoms with E-state index in [1.807, 2.05) is 30.3 Å². The summed E-state index contributed by atoms with van der Waals surface area (Å²) < 4.78 is 5.21. The minimum atomic E-state index is -0.623. The molecule has 2 aromatic carbocycles. The molecule has 2 aromatic rings. The topological polar surface area (TPSA) is 66.8 Å². The van der Waals surface area contributed by atoms with E-state index in [4.69, 9.17) is 4.74 Å². The van der Waals surface area contributed by atoms with Gasteiger partial charge in [-0.15, -0.1) is 0 Å². The van der Waals surface area contributed by atoms with E-state index in [0.29, 0.717) is 17.9 Å². The van der Waals surface area contributed by atoms with Crippen LogP contribution in [0, 0.1) is 0 Å².